The fourth-order valence-electron chi connectivity index (χ4n) is 4.64. The van der Waals surface area contributed by atoms with Crippen molar-refractivity contribution < 1.29 is 14.7 Å². The van der Waals surface area contributed by atoms with E-state index in [1.165, 1.54) is 17.2 Å². The maximum absolute atomic E-state index is 12.5. The number of carbonyl (C=O) groups excluding carboxylic acids is 2. The van der Waals surface area contributed by atoms with Crippen LogP contribution < -0.4 is 5.32 Å². The SMILES string of the molecule is N#Cc1c2c(c3c(c1NC1=CC(=O)N(CCO)C1=O)CCCC3)CCCC2. The Balaban J connectivity index is 1.79. The lowest BCUT2D eigenvalue weighted by atomic mass is 9.77. The van der Waals surface area contributed by atoms with Gasteiger partial charge in [0.15, 0.2) is 0 Å². The molecule has 2 N–H and O–H groups in total. The molecule has 6 nitrogen and oxygen atoms in total. The van der Waals surface area contributed by atoms with E-state index in [0.29, 0.717) is 11.3 Å². The number of fused-ring (bicyclic) bond motifs is 3. The smallest absolute Gasteiger partial charge is 0.277 e. The van der Waals surface area contributed by atoms with Crippen molar-refractivity contribution in [2.24, 2.45) is 0 Å². The van der Waals surface area contributed by atoms with Crippen molar-refractivity contribution in [3.63, 3.8) is 0 Å². The quantitative estimate of drug-likeness (QED) is 0.796. The number of β-amino-alcohol motifs (C(OH)–C–C–N with tert-alkyl or cyclic N) is 1. The number of nitrogens with one attached hydrogen (secondary N) is 1. The average molecular weight is 365 g/mol. The summed E-state index contributed by atoms with van der Waals surface area (Å²) in [7, 11) is 0. The van der Waals surface area contributed by atoms with E-state index in [1.54, 1.807) is 0 Å². The molecule has 1 aromatic rings. The lowest BCUT2D eigenvalue weighted by Gasteiger charge is -2.29. The van der Waals surface area contributed by atoms with Crippen LogP contribution in [0.25, 0.3) is 0 Å². The lowest BCUT2D eigenvalue weighted by Crippen LogP contribution is -2.34. The molecule has 27 heavy (non-hydrogen) atoms. The van der Waals surface area contributed by atoms with Crippen molar-refractivity contribution in [3.8, 4) is 6.07 Å². The fraction of sp³-hybridized carbons (Fsp3) is 0.476. The number of nitrogens with zero attached hydrogens (tertiary/aromatic N) is 2. The van der Waals surface area contributed by atoms with Gasteiger partial charge in [0, 0.05) is 6.08 Å². The van der Waals surface area contributed by atoms with Gasteiger partial charge in [-0.05, 0) is 73.6 Å². The molecule has 0 aromatic heterocycles. The van der Waals surface area contributed by atoms with E-state index >= 15 is 0 Å². The van der Waals surface area contributed by atoms with Crippen LogP contribution in [0.4, 0.5) is 5.69 Å². The molecule has 0 saturated carbocycles. The highest BCUT2D eigenvalue weighted by Crippen LogP contribution is 2.40. The van der Waals surface area contributed by atoms with Gasteiger partial charge in [-0.2, -0.15) is 5.26 Å². The van der Waals surface area contributed by atoms with E-state index in [-0.39, 0.29) is 18.8 Å². The van der Waals surface area contributed by atoms with Gasteiger partial charge in [-0.3, -0.25) is 14.5 Å². The molecule has 1 heterocycles. The van der Waals surface area contributed by atoms with Gasteiger partial charge in [-0.15, -0.1) is 0 Å². The van der Waals surface area contributed by atoms with Crippen molar-refractivity contribution >= 4 is 17.5 Å². The number of rotatable bonds is 4. The molecule has 0 unspecified atom stereocenters. The molecule has 0 atom stereocenters. The van der Waals surface area contributed by atoms with E-state index in [2.05, 4.69) is 11.4 Å². The minimum Gasteiger partial charge on any atom is -0.395 e. The number of hydrogen-bond donors (Lipinski definition) is 2. The molecule has 0 spiro atoms. The molecule has 140 valence electrons. The minimum absolute atomic E-state index is 0.0211. The van der Waals surface area contributed by atoms with Crippen LogP contribution >= 0.6 is 0 Å². The van der Waals surface area contributed by atoms with Crippen LogP contribution in [0, 0.1) is 11.3 Å². The highest BCUT2D eigenvalue weighted by Gasteiger charge is 2.33. The van der Waals surface area contributed by atoms with Crippen LogP contribution in [0.5, 0.6) is 0 Å². The van der Waals surface area contributed by atoms with E-state index in [1.807, 2.05) is 0 Å². The number of nitriles is 1. The predicted molar refractivity (Wildman–Crippen MR) is 100.0 cm³/mol. The molecule has 6 heteroatoms. The Hall–Kier alpha value is -2.65. The van der Waals surface area contributed by atoms with Crippen molar-refractivity contribution in [1.29, 1.82) is 5.26 Å². The molecule has 1 aromatic carbocycles. The van der Waals surface area contributed by atoms with Gasteiger partial charge in [0.05, 0.1) is 24.4 Å². The fourth-order valence-corrected chi connectivity index (χ4v) is 4.64. The second-order valence-electron chi connectivity index (χ2n) is 7.39. The minimum atomic E-state index is -0.444. The molecule has 0 bridgehead atoms. The third kappa shape index (κ3) is 2.92. The van der Waals surface area contributed by atoms with Crippen molar-refractivity contribution in [1.82, 2.24) is 4.90 Å². The van der Waals surface area contributed by atoms with Crippen LogP contribution in [0.1, 0.15) is 53.5 Å². The molecule has 2 aliphatic carbocycles. The number of anilines is 1. The Morgan fingerprint density at radius 2 is 1.59 bits per heavy atom. The molecular weight excluding hydrogens is 342 g/mol. The van der Waals surface area contributed by atoms with Crippen LogP contribution in [0.2, 0.25) is 0 Å². The van der Waals surface area contributed by atoms with Gasteiger partial charge < -0.3 is 10.4 Å². The van der Waals surface area contributed by atoms with E-state index < -0.39 is 11.8 Å². The summed E-state index contributed by atoms with van der Waals surface area (Å²) in [4.78, 5) is 25.6. The maximum Gasteiger partial charge on any atom is 0.277 e. The van der Waals surface area contributed by atoms with Gasteiger partial charge in [0.2, 0.25) is 0 Å². The van der Waals surface area contributed by atoms with Crippen LogP contribution in [0.15, 0.2) is 11.8 Å². The zero-order chi connectivity index (χ0) is 19.0. The van der Waals surface area contributed by atoms with Gasteiger partial charge in [-0.25, -0.2) is 0 Å². The van der Waals surface area contributed by atoms with Crippen LogP contribution in [-0.4, -0.2) is 35.0 Å². The molecule has 0 fully saturated rings. The second kappa shape index (κ2) is 7.16. The van der Waals surface area contributed by atoms with E-state index in [9.17, 15) is 14.9 Å². The molecule has 3 aliphatic rings. The normalized spacial score (nSPS) is 18.7. The third-order valence-corrected chi connectivity index (χ3v) is 5.86. The Morgan fingerprint density at radius 3 is 2.22 bits per heavy atom. The van der Waals surface area contributed by atoms with Crippen LogP contribution in [-0.2, 0) is 35.3 Å². The van der Waals surface area contributed by atoms with Crippen LogP contribution in [0.3, 0.4) is 0 Å². The second-order valence-corrected chi connectivity index (χ2v) is 7.39. The molecule has 0 radical (unpaired) electrons. The predicted octanol–water partition coefficient (Wildman–Crippen LogP) is 1.97. The first-order valence-corrected chi connectivity index (χ1v) is 9.70. The first kappa shape index (κ1) is 17.7. The maximum atomic E-state index is 12.5. The average Bonchev–Trinajstić information content (AvgIpc) is 2.96. The molecule has 2 amide bonds. The summed E-state index contributed by atoms with van der Waals surface area (Å²) in [5.74, 6) is -0.873. The Bertz CT molecular complexity index is 895. The standard InChI is InChI=1S/C21H23N3O3/c22-12-17-15-7-2-1-5-13(15)14-6-3-4-8-16(14)20(17)23-18-11-19(26)24(9-10-25)21(18)27/h11,23,25H,1-10H2. The zero-order valence-corrected chi connectivity index (χ0v) is 15.3. The number of amides is 2. The summed E-state index contributed by atoms with van der Waals surface area (Å²) in [5.41, 5.74) is 6.49. The van der Waals surface area contributed by atoms with Crippen molar-refractivity contribution in [3.05, 3.63) is 39.6 Å². The van der Waals surface area contributed by atoms with Gasteiger partial charge in [0.1, 0.15) is 11.8 Å². The molecule has 4 rings (SSSR count). The Morgan fingerprint density at radius 1 is 1.00 bits per heavy atom. The summed E-state index contributed by atoms with van der Waals surface area (Å²) in [6.45, 7) is -0.289. The summed E-state index contributed by atoms with van der Waals surface area (Å²) in [6.07, 6.45) is 9.53. The number of hydrogen-bond acceptors (Lipinski definition) is 5. The molecular formula is C21H23N3O3. The first-order chi connectivity index (χ1) is 13.2. The van der Waals surface area contributed by atoms with Crippen molar-refractivity contribution in [2.75, 3.05) is 18.5 Å². The lowest BCUT2D eigenvalue weighted by molar-refractivity contribution is -0.137. The molecule has 1 aliphatic heterocycles. The topological polar surface area (TPSA) is 93.4 Å². The highest BCUT2D eigenvalue weighted by atomic mass is 16.3. The zero-order valence-electron chi connectivity index (χ0n) is 15.3. The number of carbonyl (C=O) groups is 2. The number of imide groups is 1. The Labute approximate surface area is 158 Å². The van der Waals surface area contributed by atoms with Gasteiger partial charge in [-0.1, -0.05) is 0 Å². The highest BCUT2D eigenvalue weighted by molar-refractivity contribution is 6.17. The number of aliphatic hydroxyl groups excluding tert-OH is 1. The summed E-state index contributed by atoms with van der Waals surface area (Å²) in [5, 5.41) is 22.1. The summed E-state index contributed by atoms with van der Waals surface area (Å²) < 4.78 is 0. The number of aliphatic hydroxyl groups is 1. The van der Waals surface area contributed by atoms with E-state index in [4.69, 9.17) is 5.11 Å². The number of benzene rings is 1. The van der Waals surface area contributed by atoms with Crippen molar-refractivity contribution in [2.45, 2.75) is 51.4 Å². The Kier molecular flexibility index (Phi) is 4.71. The summed E-state index contributed by atoms with van der Waals surface area (Å²) >= 11 is 0. The van der Waals surface area contributed by atoms with Gasteiger partial charge >= 0.3 is 0 Å². The summed E-state index contributed by atoms with van der Waals surface area (Å²) in [6, 6.07) is 2.37. The first-order valence-electron chi connectivity index (χ1n) is 9.70. The monoisotopic (exact) mass is 365 g/mol. The van der Waals surface area contributed by atoms with E-state index in [0.717, 1.165) is 67.4 Å². The van der Waals surface area contributed by atoms with Gasteiger partial charge in [0.25, 0.3) is 11.8 Å². The third-order valence-electron chi connectivity index (χ3n) is 5.86. The molecule has 0 saturated heterocycles. The largest absolute Gasteiger partial charge is 0.395 e.